The number of rotatable bonds is 3. The third-order valence-electron chi connectivity index (χ3n) is 1.67. The fourth-order valence-corrected chi connectivity index (χ4v) is 0.777. The minimum atomic E-state index is -0.0792. The van der Waals surface area contributed by atoms with Crippen LogP contribution in [0, 0.1) is 5.92 Å². The van der Waals surface area contributed by atoms with Crippen molar-refractivity contribution in [2.45, 2.75) is 27.2 Å². The van der Waals surface area contributed by atoms with Gasteiger partial charge in [-0.05, 0) is 6.42 Å². The molecule has 0 atom stereocenters. The lowest BCUT2D eigenvalue weighted by Gasteiger charge is -2.01. The second kappa shape index (κ2) is 4.07. The largest absolute Gasteiger partial charge is 0.432 e. The van der Waals surface area contributed by atoms with Crippen LogP contribution in [0.2, 0.25) is 0 Å². The van der Waals surface area contributed by atoms with Gasteiger partial charge in [-0.15, -0.1) is 0 Å². The molecule has 4 nitrogen and oxygen atoms in total. The smallest absolute Gasteiger partial charge is 0.301 e. The highest BCUT2D eigenvalue weighted by Gasteiger charge is 2.10. The SMILES string of the molecule is CCc1coc(NC(=O)C(C)C)n1. The summed E-state index contributed by atoms with van der Waals surface area (Å²) in [5, 5.41) is 2.58. The van der Waals surface area contributed by atoms with Crippen molar-refractivity contribution < 1.29 is 9.21 Å². The molecule has 0 aromatic carbocycles. The molecule has 72 valence electrons. The fourth-order valence-electron chi connectivity index (χ4n) is 0.777. The first kappa shape index (κ1) is 9.77. The normalized spacial score (nSPS) is 10.5. The highest BCUT2D eigenvalue weighted by Crippen LogP contribution is 2.08. The molecule has 0 saturated heterocycles. The molecule has 1 amide bonds. The zero-order valence-corrected chi connectivity index (χ0v) is 8.13. The van der Waals surface area contributed by atoms with Gasteiger partial charge >= 0.3 is 6.01 Å². The molecule has 0 aliphatic heterocycles. The Morgan fingerprint density at radius 2 is 2.38 bits per heavy atom. The van der Waals surface area contributed by atoms with Gasteiger partial charge in [-0.3, -0.25) is 10.1 Å². The third kappa shape index (κ3) is 2.57. The van der Waals surface area contributed by atoms with Crippen LogP contribution in [0.5, 0.6) is 0 Å². The maximum Gasteiger partial charge on any atom is 0.301 e. The van der Waals surface area contributed by atoms with E-state index in [2.05, 4.69) is 10.3 Å². The highest BCUT2D eigenvalue weighted by molar-refractivity contribution is 5.89. The van der Waals surface area contributed by atoms with Gasteiger partial charge in [0, 0.05) is 5.92 Å². The van der Waals surface area contributed by atoms with E-state index in [1.165, 1.54) is 0 Å². The number of hydrogen-bond donors (Lipinski definition) is 1. The molecule has 1 heterocycles. The van der Waals surface area contributed by atoms with Crippen molar-refractivity contribution in [3.63, 3.8) is 0 Å². The van der Waals surface area contributed by atoms with Crippen LogP contribution in [-0.4, -0.2) is 10.9 Å². The van der Waals surface area contributed by atoms with E-state index in [4.69, 9.17) is 4.42 Å². The Morgan fingerprint density at radius 1 is 1.69 bits per heavy atom. The second-order valence-corrected chi connectivity index (χ2v) is 3.14. The van der Waals surface area contributed by atoms with Crippen LogP contribution in [-0.2, 0) is 11.2 Å². The van der Waals surface area contributed by atoms with Crippen molar-refractivity contribution in [2.75, 3.05) is 5.32 Å². The van der Waals surface area contributed by atoms with E-state index in [1.54, 1.807) is 6.26 Å². The summed E-state index contributed by atoms with van der Waals surface area (Å²) in [7, 11) is 0. The lowest BCUT2D eigenvalue weighted by Crippen LogP contribution is -2.17. The Kier molecular flexibility index (Phi) is 3.06. The van der Waals surface area contributed by atoms with E-state index in [1.807, 2.05) is 20.8 Å². The van der Waals surface area contributed by atoms with Crippen LogP contribution < -0.4 is 5.32 Å². The lowest BCUT2D eigenvalue weighted by molar-refractivity contribution is -0.119. The number of anilines is 1. The number of amides is 1. The van der Waals surface area contributed by atoms with E-state index in [0.717, 1.165) is 12.1 Å². The summed E-state index contributed by atoms with van der Waals surface area (Å²) in [5.41, 5.74) is 0.846. The minimum absolute atomic E-state index is 0.0584. The number of oxazole rings is 1. The van der Waals surface area contributed by atoms with Gasteiger partial charge in [0.05, 0.1) is 5.69 Å². The van der Waals surface area contributed by atoms with Crippen LogP contribution >= 0.6 is 0 Å². The van der Waals surface area contributed by atoms with Crippen molar-refractivity contribution in [3.05, 3.63) is 12.0 Å². The van der Waals surface area contributed by atoms with Crippen LogP contribution in [0.25, 0.3) is 0 Å². The summed E-state index contributed by atoms with van der Waals surface area (Å²) in [6, 6.07) is 0.288. The summed E-state index contributed by atoms with van der Waals surface area (Å²) < 4.78 is 5.03. The first-order chi connectivity index (χ1) is 6.13. The first-order valence-corrected chi connectivity index (χ1v) is 4.38. The average Bonchev–Trinajstić information content (AvgIpc) is 2.52. The van der Waals surface area contributed by atoms with E-state index >= 15 is 0 Å². The van der Waals surface area contributed by atoms with Crippen molar-refractivity contribution in [1.82, 2.24) is 4.98 Å². The molecule has 0 unspecified atom stereocenters. The zero-order valence-electron chi connectivity index (χ0n) is 8.13. The zero-order chi connectivity index (χ0) is 9.84. The third-order valence-corrected chi connectivity index (χ3v) is 1.67. The molecule has 0 spiro atoms. The quantitative estimate of drug-likeness (QED) is 0.775. The predicted molar refractivity (Wildman–Crippen MR) is 49.3 cm³/mol. The molecule has 1 aromatic rings. The van der Waals surface area contributed by atoms with E-state index < -0.39 is 0 Å². The Bertz CT molecular complexity index is 292. The number of aryl methyl sites for hydroxylation is 1. The molecule has 1 rings (SSSR count). The van der Waals surface area contributed by atoms with Crippen LogP contribution in [0.15, 0.2) is 10.7 Å². The molecule has 0 aliphatic rings. The Morgan fingerprint density at radius 3 is 2.85 bits per heavy atom. The molecular formula is C9H14N2O2. The number of nitrogens with one attached hydrogen (secondary N) is 1. The van der Waals surface area contributed by atoms with Gasteiger partial charge in [0.2, 0.25) is 5.91 Å². The van der Waals surface area contributed by atoms with E-state index in [-0.39, 0.29) is 17.8 Å². The number of hydrogen-bond acceptors (Lipinski definition) is 3. The molecule has 0 radical (unpaired) electrons. The van der Waals surface area contributed by atoms with Gasteiger partial charge in [0.1, 0.15) is 6.26 Å². The van der Waals surface area contributed by atoms with Gasteiger partial charge in [-0.2, -0.15) is 4.98 Å². The van der Waals surface area contributed by atoms with Crippen LogP contribution in [0.1, 0.15) is 26.5 Å². The molecule has 0 aliphatic carbocycles. The Labute approximate surface area is 77.3 Å². The topological polar surface area (TPSA) is 55.1 Å². The molecule has 0 fully saturated rings. The number of aromatic nitrogens is 1. The van der Waals surface area contributed by atoms with Crippen molar-refractivity contribution >= 4 is 11.9 Å². The van der Waals surface area contributed by atoms with Crippen molar-refractivity contribution in [3.8, 4) is 0 Å². The summed E-state index contributed by atoms with van der Waals surface area (Å²) in [6.07, 6.45) is 2.36. The van der Waals surface area contributed by atoms with Gasteiger partial charge in [-0.25, -0.2) is 0 Å². The molecule has 1 N–H and O–H groups in total. The maximum atomic E-state index is 11.2. The lowest BCUT2D eigenvalue weighted by atomic mass is 10.2. The predicted octanol–water partition coefficient (Wildman–Crippen LogP) is 1.83. The van der Waals surface area contributed by atoms with Gasteiger partial charge < -0.3 is 4.42 Å². The monoisotopic (exact) mass is 182 g/mol. The fraction of sp³-hybridized carbons (Fsp3) is 0.556. The van der Waals surface area contributed by atoms with Crippen molar-refractivity contribution in [2.24, 2.45) is 5.92 Å². The maximum absolute atomic E-state index is 11.2. The van der Waals surface area contributed by atoms with Gasteiger partial charge in [-0.1, -0.05) is 20.8 Å². The number of carbonyl (C=O) groups is 1. The summed E-state index contributed by atoms with van der Waals surface area (Å²) in [5.74, 6) is -0.138. The summed E-state index contributed by atoms with van der Waals surface area (Å²) in [6.45, 7) is 5.61. The molecular weight excluding hydrogens is 168 g/mol. The van der Waals surface area contributed by atoms with Crippen LogP contribution in [0.4, 0.5) is 6.01 Å². The Balaban J connectivity index is 2.59. The highest BCUT2D eigenvalue weighted by atomic mass is 16.4. The summed E-state index contributed by atoms with van der Waals surface area (Å²) >= 11 is 0. The second-order valence-electron chi connectivity index (χ2n) is 3.14. The average molecular weight is 182 g/mol. The molecule has 0 saturated carbocycles. The first-order valence-electron chi connectivity index (χ1n) is 4.38. The van der Waals surface area contributed by atoms with Gasteiger partial charge in [0.15, 0.2) is 0 Å². The number of carbonyl (C=O) groups excluding carboxylic acids is 1. The summed E-state index contributed by atoms with van der Waals surface area (Å²) in [4.78, 5) is 15.3. The standard InChI is InChI=1S/C9H14N2O2/c1-4-7-5-13-9(10-7)11-8(12)6(2)3/h5-6H,4H2,1-3H3,(H,10,11,12). The van der Waals surface area contributed by atoms with E-state index in [9.17, 15) is 4.79 Å². The molecule has 4 heteroatoms. The minimum Gasteiger partial charge on any atom is -0.432 e. The van der Waals surface area contributed by atoms with E-state index in [0.29, 0.717) is 0 Å². The van der Waals surface area contributed by atoms with Gasteiger partial charge in [0.25, 0.3) is 0 Å². The molecule has 1 aromatic heterocycles. The Hall–Kier alpha value is -1.32. The molecule has 13 heavy (non-hydrogen) atoms. The molecule has 0 bridgehead atoms. The van der Waals surface area contributed by atoms with Crippen molar-refractivity contribution in [1.29, 1.82) is 0 Å². The number of nitrogens with zero attached hydrogens (tertiary/aromatic N) is 1. The van der Waals surface area contributed by atoms with Crippen LogP contribution in [0.3, 0.4) is 0 Å².